The van der Waals surface area contributed by atoms with Gasteiger partial charge in [-0.25, -0.2) is 0 Å². The third kappa shape index (κ3) is 47.7. The first-order chi connectivity index (χ1) is 30.0. The Morgan fingerprint density at radius 1 is 0.344 bits per heavy atom. The predicted molar refractivity (Wildman–Crippen MR) is 261 cm³/mol. The van der Waals surface area contributed by atoms with Crippen LogP contribution in [0.25, 0.3) is 0 Å². The molecule has 0 amide bonds. The first-order valence-electron chi connectivity index (χ1n) is 25.4. The number of hydrogen-bond acceptors (Lipinski definition) is 6. The maximum Gasteiger partial charge on any atom is 0.306 e. The largest absolute Gasteiger partial charge is 0.462 e. The van der Waals surface area contributed by atoms with E-state index < -0.39 is 6.10 Å². The quantitative estimate of drug-likeness (QED) is 0.0263. The van der Waals surface area contributed by atoms with E-state index in [9.17, 15) is 14.4 Å². The van der Waals surface area contributed by atoms with E-state index >= 15 is 0 Å². The highest BCUT2D eigenvalue weighted by molar-refractivity contribution is 5.71. The highest BCUT2D eigenvalue weighted by Crippen LogP contribution is 2.13. The SMILES string of the molecule is CC/C=C\C/C=C\C/C=C\CCCCCCCC(=O)OC[C@@H](COC(=O)CCCCCCC/C=C\CCCCCC)OC(=O)CCCCCCC/C=C\C/C=C\CCCCC. The number of hydrogen-bond donors (Lipinski definition) is 0. The van der Waals surface area contributed by atoms with Crippen molar-refractivity contribution in [1.82, 2.24) is 0 Å². The Bertz CT molecular complexity index is 1160. The molecule has 0 rings (SSSR count). The van der Waals surface area contributed by atoms with Crippen LogP contribution in [0.5, 0.6) is 0 Å². The summed E-state index contributed by atoms with van der Waals surface area (Å²) in [5.41, 5.74) is 0. The molecule has 0 aliphatic heterocycles. The minimum atomic E-state index is -0.792. The van der Waals surface area contributed by atoms with Crippen molar-refractivity contribution in [3.63, 3.8) is 0 Å². The van der Waals surface area contributed by atoms with E-state index in [-0.39, 0.29) is 31.1 Å². The molecule has 1 atom stereocenters. The topological polar surface area (TPSA) is 78.9 Å². The lowest BCUT2D eigenvalue weighted by Gasteiger charge is -2.18. The number of allylic oxidation sites excluding steroid dienone is 12. The van der Waals surface area contributed by atoms with Crippen LogP contribution in [-0.2, 0) is 28.6 Å². The number of esters is 3. The number of unbranched alkanes of at least 4 members (excludes halogenated alkanes) is 22. The molecule has 0 heterocycles. The van der Waals surface area contributed by atoms with Gasteiger partial charge in [0.2, 0.25) is 0 Å². The standard InChI is InChI=1S/C55H94O6/c1-4-7-10-13-16-19-22-25-27-30-33-36-39-42-45-48-54(57)60-51-52(50-59-53(56)47-44-41-38-35-32-29-24-21-18-15-12-9-6-3)61-55(58)49-46-43-40-37-34-31-28-26-23-20-17-14-11-8-5-2/h7,10,16-17,19-21,24-28,52H,4-6,8-9,11-15,18,22-23,29-51H2,1-3H3/b10-7-,19-16-,20-17-,24-21-,27-25-,28-26-/t52-/m1/s1. The summed E-state index contributed by atoms with van der Waals surface area (Å²) < 4.78 is 16.8. The Morgan fingerprint density at radius 2 is 0.639 bits per heavy atom. The van der Waals surface area contributed by atoms with Gasteiger partial charge in [0.1, 0.15) is 13.2 Å². The normalized spacial score (nSPS) is 12.6. The summed E-state index contributed by atoms with van der Waals surface area (Å²) in [5.74, 6) is -0.931. The molecular formula is C55H94O6. The van der Waals surface area contributed by atoms with E-state index in [1.807, 2.05) is 0 Å². The first-order valence-corrected chi connectivity index (χ1v) is 25.4. The van der Waals surface area contributed by atoms with E-state index in [1.165, 1.54) is 70.6 Å². The van der Waals surface area contributed by atoms with Gasteiger partial charge in [-0.15, -0.1) is 0 Å². The molecule has 350 valence electrons. The molecule has 0 aliphatic rings. The van der Waals surface area contributed by atoms with Crippen LogP contribution >= 0.6 is 0 Å². The fraction of sp³-hybridized carbons (Fsp3) is 0.727. The molecule has 0 spiro atoms. The summed E-state index contributed by atoms with van der Waals surface area (Å²) in [4.78, 5) is 37.9. The Morgan fingerprint density at radius 3 is 1.05 bits per heavy atom. The smallest absolute Gasteiger partial charge is 0.306 e. The summed E-state index contributed by atoms with van der Waals surface area (Å²) in [7, 11) is 0. The number of carbonyl (C=O) groups is 3. The van der Waals surface area contributed by atoms with Crippen molar-refractivity contribution < 1.29 is 28.6 Å². The Hall–Kier alpha value is -3.15. The molecule has 0 N–H and O–H groups in total. The molecule has 61 heavy (non-hydrogen) atoms. The molecule has 0 unspecified atom stereocenters. The second kappa shape index (κ2) is 49.5. The molecular weight excluding hydrogens is 757 g/mol. The van der Waals surface area contributed by atoms with E-state index in [0.717, 1.165) is 128 Å². The molecule has 0 fully saturated rings. The Kier molecular flexibility index (Phi) is 46.9. The van der Waals surface area contributed by atoms with Crippen molar-refractivity contribution in [3.8, 4) is 0 Å². The first kappa shape index (κ1) is 57.9. The third-order valence-electron chi connectivity index (χ3n) is 10.7. The van der Waals surface area contributed by atoms with E-state index in [0.29, 0.717) is 19.3 Å². The molecule has 0 saturated carbocycles. The maximum absolute atomic E-state index is 12.8. The van der Waals surface area contributed by atoms with Crippen LogP contribution in [0, 0.1) is 0 Å². The van der Waals surface area contributed by atoms with Gasteiger partial charge in [-0.1, -0.05) is 184 Å². The van der Waals surface area contributed by atoms with E-state index in [2.05, 4.69) is 93.7 Å². The number of ether oxygens (including phenoxy) is 3. The van der Waals surface area contributed by atoms with E-state index in [4.69, 9.17) is 14.2 Å². The minimum Gasteiger partial charge on any atom is -0.462 e. The lowest BCUT2D eigenvalue weighted by Crippen LogP contribution is -2.30. The fourth-order valence-corrected chi connectivity index (χ4v) is 6.83. The summed E-state index contributed by atoms with van der Waals surface area (Å²) in [6.07, 6.45) is 61.6. The zero-order valence-electron chi connectivity index (χ0n) is 39.9. The van der Waals surface area contributed by atoms with Crippen LogP contribution in [0.4, 0.5) is 0 Å². The van der Waals surface area contributed by atoms with Crippen LogP contribution in [0.15, 0.2) is 72.9 Å². The van der Waals surface area contributed by atoms with Crippen molar-refractivity contribution >= 4 is 17.9 Å². The summed E-state index contributed by atoms with van der Waals surface area (Å²) in [6.45, 7) is 6.45. The van der Waals surface area contributed by atoms with Gasteiger partial charge in [0, 0.05) is 19.3 Å². The molecule has 6 nitrogen and oxygen atoms in total. The van der Waals surface area contributed by atoms with E-state index in [1.54, 1.807) is 0 Å². The maximum atomic E-state index is 12.8. The van der Waals surface area contributed by atoms with Gasteiger partial charge < -0.3 is 14.2 Å². The monoisotopic (exact) mass is 851 g/mol. The number of rotatable bonds is 45. The Labute approximate surface area is 376 Å². The van der Waals surface area contributed by atoms with Crippen LogP contribution < -0.4 is 0 Å². The summed E-state index contributed by atoms with van der Waals surface area (Å²) >= 11 is 0. The molecule has 0 aromatic rings. The molecule has 0 aromatic carbocycles. The van der Waals surface area contributed by atoms with Crippen molar-refractivity contribution in [2.45, 2.75) is 245 Å². The average Bonchev–Trinajstić information content (AvgIpc) is 3.26. The highest BCUT2D eigenvalue weighted by atomic mass is 16.6. The van der Waals surface area contributed by atoms with Crippen molar-refractivity contribution in [2.75, 3.05) is 13.2 Å². The highest BCUT2D eigenvalue weighted by Gasteiger charge is 2.19. The average molecular weight is 851 g/mol. The lowest BCUT2D eigenvalue weighted by atomic mass is 10.1. The van der Waals surface area contributed by atoms with Gasteiger partial charge in [0.05, 0.1) is 0 Å². The Balaban J connectivity index is 4.45. The molecule has 0 bridgehead atoms. The molecule has 6 heteroatoms. The van der Waals surface area contributed by atoms with Crippen LogP contribution in [0.3, 0.4) is 0 Å². The third-order valence-corrected chi connectivity index (χ3v) is 10.7. The minimum absolute atomic E-state index is 0.0914. The molecule has 0 saturated heterocycles. The van der Waals surface area contributed by atoms with Gasteiger partial charge in [0.25, 0.3) is 0 Å². The molecule has 0 aromatic heterocycles. The van der Waals surface area contributed by atoms with Crippen molar-refractivity contribution in [1.29, 1.82) is 0 Å². The van der Waals surface area contributed by atoms with Gasteiger partial charge in [-0.05, 0) is 109 Å². The predicted octanol–water partition coefficient (Wildman–Crippen LogP) is 16.6. The van der Waals surface area contributed by atoms with Crippen LogP contribution in [0.2, 0.25) is 0 Å². The lowest BCUT2D eigenvalue weighted by molar-refractivity contribution is -0.167. The molecule has 0 aliphatic carbocycles. The van der Waals surface area contributed by atoms with Crippen LogP contribution in [0.1, 0.15) is 239 Å². The van der Waals surface area contributed by atoms with Crippen molar-refractivity contribution in [3.05, 3.63) is 72.9 Å². The van der Waals surface area contributed by atoms with Gasteiger partial charge in [-0.3, -0.25) is 14.4 Å². The van der Waals surface area contributed by atoms with Crippen LogP contribution in [-0.4, -0.2) is 37.2 Å². The van der Waals surface area contributed by atoms with Gasteiger partial charge in [0.15, 0.2) is 6.10 Å². The second-order valence-corrected chi connectivity index (χ2v) is 16.7. The summed E-state index contributed by atoms with van der Waals surface area (Å²) in [5, 5.41) is 0. The van der Waals surface area contributed by atoms with Crippen molar-refractivity contribution in [2.24, 2.45) is 0 Å². The van der Waals surface area contributed by atoms with Gasteiger partial charge >= 0.3 is 17.9 Å². The second-order valence-electron chi connectivity index (χ2n) is 16.7. The summed E-state index contributed by atoms with van der Waals surface area (Å²) in [6, 6.07) is 0. The zero-order chi connectivity index (χ0) is 44.4. The molecule has 0 radical (unpaired) electrons. The zero-order valence-corrected chi connectivity index (χ0v) is 39.9. The van der Waals surface area contributed by atoms with Gasteiger partial charge in [-0.2, -0.15) is 0 Å². The number of carbonyl (C=O) groups excluding carboxylic acids is 3. The fourth-order valence-electron chi connectivity index (χ4n) is 6.83.